The van der Waals surface area contributed by atoms with Gasteiger partial charge in [0.2, 0.25) is 15.9 Å². The van der Waals surface area contributed by atoms with E-state index in [-0.39, 0.29) is 17.4 Å². The van der Waals surface area contributed by atoms with Crippen molar-refractivity contribution in [3.05, 3.63) is 23.8 Å². The Morgan fingerprint density at radius 1 is 1.43 bits per heavy atom. The molecule has 2 rings (SSSR count). The number of anilines is 1. The van der Waals surface area contributed by atoms with Gasteiger partial charge in [-0.3, -0.25) is 4.79 Å². The van der Waals surface area contributed by atoms with Gasteiger partial charge in [-0.05, 0) is 38.0 Å². The number of sulfonamides is 1. The number of nitrogens with zero attached hydrogens (tertiary/aromatic N) is 1. The summed E-state index contributed by atoms with van der Waals surface area (Å²) in [6.45, 7) is 4.92. The number of fused-ring (bicyclic) bond motifs is 1. The fraction of sp³-hybridized carbons (Fsp3) is 0.500. The smallest absolute Gasteiger partial charge is 0.241 e. The van der Waals surface area contributed by atoms with Crippen molar-refractivity contribution in [3.8, 4) is 0 Å². The molecule has 0 fully saturated rings. The lowest BCUT2D eigenvalue weighted by Crippen LogP contribution is -2.46. The van der Waals surface area contributed by atoms with Gasteiger partial charge in [-0.1, -0.05) is 6.07 Å². The second-order valence-electron chi connectivity index (χ2n) is 5.86. The first kappa shape index (κ1) is 15.9. The van der Waals surface area contributed by atoms with Gasteiger partial charge >= 0.3 is 0 Å². The normalized spacial score (nSPS) is 15.1. The van der Waals surface area contributed by atoms with Crippen LogP contribution in [0.5, 0.6) is 0 Å². The Labute approximate surface area is 124 Å². The largest absolute Gasteiger partial charge is 0.394 e. The molecule has 2 N–H and O–H groups in total. The molecule has 0 aromatic heterocycles. The second kappa shape index (κ2) is 5.40. The van der Waals surface area contributed by atoms with Crippen molar-refractivity contribution >= 4 is 21.6 Å². The molecule has 1 aliphatic heterocycles. The molecule has 1 heterocycles. The average Bonchev–Trinajstić information content (AvgIpc) is 2.80. The van der Waals surface area contributed by atoms with Gasteiger partial charge in [0.1, 0.15) is 0 Å². The number of benzene rings is 1. The van der Waals surface area contributed by atoms with Crippen LogP contribution >= 0.6 is 0 Å². The number of hydrogen-bond acceptors (Lipinski definition) is 4. The Balaban J connectivity index is 2.39. The Hall–Kier alpha value is -1.44. The molecule has 0 saturated carbocycles. The molecule has 21 heavy (non-hydrogen) atoms. The van der Waals surface area contributed by atoms with Gasteiger partial charge in [0.25, 0.3) is 0 Å². The van der Waals surface area contributed by atoms with Gasteiger partial charge in [-0.15, -0.1) is 0 Å². The van der Waals surface area contributed by atoms with E-state index in [4.69, 9.17) is 0 Å². The van der Waals surface area contributed by atoms with E-state index in [0.29, 0.717) is 12.2 Å². The summed E-state index contributed by atoms with van der Waals surface area (Å²) in [5.41, 5.74) is 0.663. The minimum Gasteiger partial charge on any atom is -0.394 e. The molecule has 116 valence electrons. The van der Waals surface area contributed by atoms with Crippen LogP contribution in [-0.2, 0) is 21.2 Å². The molecule has 6 nitrogen and oxygen atoms in total. The molecule has 0 atom stereocenters. The highest BCUT2D eigenvalue weighted by Gasteiger charge is 2.28. The molecule has 1 amide bonds. The van der Waals surface area contributed by atoms with Crippen molar-refractivity contribution in [2.75, 3.05) is 18.1 Å². The summed E-state index contributed by atoms with van der Waals surface area (Å²) in [4.78, 5) is 13.2. The summed E-state index contributed by atoms with van der Waals surface area (Å²) < 4.78 is 27.2. The second-order valence-corrected chi connectivity index (χ2v) is 7.54. The first-order valence-corrected chi connectivity index (χ1v) is 8.20. The Kier molecular flexibility index (Phi) is 4.10. The minimum absolute atomic E-state index is 0.0934. The van der Waals surface area contributed by atoms with Gasteiger partial charge < -0.3 is 10.0 Å². The summed E-state index contributed by atoms with van der Waals surface area (Å²) in [5, 5.41) is 9.19. The molecule has 0 saturated heterocycles. The van der Waals surface area contributed by atoms with Crippen LogP contribution in [-0.4, -0.2) is 38.1 Å². The summed E-state index contributed by atoms with van der Waals surface area (Å²) >= 11 is 0. The number of rotatable bonds is 4. The van der Waals surface area contributed by atoms with Gasteiger partial charge in [0.15, 0.2) is 0 Å². The third-order valence-electron chi connectivity index (χ3n) is 3.45. The zero-order valence-corrected chi connectivity index (χ0v) is 13.2. The van der Waals surface area contributed by atoms with Crippen LogP contribution in [0.25, 0.3) is 0 Å². The SMILES string of the molecule is CC(=O)N1CCc2ccc(S(=O)(=O)NC(C)(C)CO)cc21. The maximum absolute atomic E-state index is 12.4. The predicted octanol–water partition coefficient (Wildman–Crippen LogP) is 0.645. The fourth-order valence-electron chi connectivity index (χ4n) is 2.31. The molecule has 1 aromatic rings. The van der Waals surface area contributed by atoms with Gasteiger partial charge in [-0.25, -0.2) is 13.1 Å². The molecule has 0 unspecified atom stereocenters. The van der Waals surface area contributed by atoms with E-state index in [1.807, 2.05) is 0 Å². The van der Waals surface area contributed by atoms with E-state index in [1.165, 1.54) is 19.1 Å². The van der Waals surface area contributed by atoms with Crippen LogP contribution < -0.4 is 9.62 Å². The van der Waals surface area contributed by atoms with Crippen LogP contribution in [0.15, 0.2) is 23.1 Å². The third kappa shape index (κ3) is 3.25. The molecular weight excluding hydrogens is 292 g/mol. The standard InChI is InChI=1S/C14H20N2O4S/c1-10(18)16-7-6-11-4-5-12(8-13(11)16)21(19,20)15-14(2,3)9-17/h4-5,8,15,17H,6-7,9H2,1-3H3. The topological polar surface area (TPSA) is 86.7 Å². The lowest BCUT2D eigenvalue weighted by atomic mass is 10.1. The summed E-state index contributed by atoms with van der Waals surface area (Å²) in [7, 11) is -3.75. The fourth-order valence-corrected chi connectivity index (χ4v) is 3.73. The van der Waals surface area contributed by atoms with Crippen molar-refractivity contribution in [1.82, 2.24) is 4.72 Å². The molecule has 0 bridgehead atoms. The van der Waals surface area contributed by atoms with Crippen molar-refractivity contribution in [1.29, 1.82) is 0 Å². The van der Waals surface area contributed by atoms with Gasteiger partial charge in [0, 0.05) is 19.2 Å². The van der Waals surface area contributed by atoms with E-state index in [0.717, 1.165) is 12.0 Å². The number of carbonyl (C=O) groups excluding carboxylic acids is 1. The number of aliphatic hydroxyl groups excluding tert-OH is 1. The van der Waals surface area contributed by atoms with Crippen molar-refractivity contribution < 1.29 is 18.3 Å². The number of amides is 1. The van der Waals surface area contributed by atoms with Crippen LogP contribution in [0, 0.1) is 0 Å². The monoisotopic (exact) mass is 312 g/mol. The molecule has 7 heteroatoms. The van der Waals surface area contributed by atoms with Crippen molar-refractivity contribution in [2.24, 2.45) is 0 Å². The molecule has 1 aliphatic rings. The third-order valence-corrected chi connectivity index (χ3v) is 5.14. The van der Waals surface area contributed by atoms with Gasteiger partial charge in [0.05, 0.1) is 17.0 Å². The Morgan fingerprint density at radius 2 is 2.10 bits per heavy atom. The highest BCUT2D eigenvalue weighted by atomic mass is 32.2. The Morgan fingerprint density at radius 3 is 2.67 bits per heavy atom. The number of aliphatic hydroxyl groups is 1. The molecule has 0 spiro atoms. The molecular formula is C14H20N2O4S. The molecule has 0 radical (unpaired) electrons. The highest BCUT2D eigenvalue weighted by Crippen LogP contribution is 2.30. The Bertz CT molecular complexity index is 668. The highest BCUT2D eigenvalue weighted by molar-refractivity contribution is 7.89. The summed E-state index contributed by atoms with van der Waals surface area (Å²) in [5.74, 6) is -0.105. The van der Waals surface area contributed by atoms with E-state index < -0.39 is 15.6 Å². The minimum atomic E-state index is -3.75. The summed E-state index contributed by atoms with van der Waals surface area (Å²) in [6.07, 6.45) is 0.727. The number of carbonyl (C=O) groups is 1. The first-order chi connectivity index (χ1) is 9.66. The zero-order valence-electron chi connectivity index (χ0n) is 12.4. The summed E-state index contributed by atoms with van der Waals surface area (Å²) in [6, 6.07) is 4.77. The van der Waals surface area contributed by atoms with Crippen molar-refractivity contribution in [3.63, 3.8) is 0 Å². The maximum atomic E-state index is 12.4. The van der Waals surface area contributed by atoms with E-state index in [1.54, 1.807) is 24.8 Å². The van der Waals surface area contributed by atoms with E-state index in [2.05, 4.69) is 4.72 Å². The van der Waals surface area contributed by atoms with E-state index in [9.17, 15) is 18.3 Å². The zero-order chi connectivity index (χ0) is 15.8. The lowest BCUT2D eigenvalue weighted by molar-refractivity contribution is -0.116. The maximum Gasteiger partial charge on any atom is 0.241 e. The first-order valence-electron chi connectivity index (χ1n) is 6.72. The lowest BCUT2D eigenvalue weighted by Gasteiger charge is -2.23. The van der Waals surface area contributed by atoms with Crippen LogP contribution in [0.3, 0.4) is 0 Å². The average molecular weight is 312 g/mol. The predicted molar refractivity (Wildman–Crippen MR) is 79.7 cm³/mol. The van der Waals surface area contributed by atoms with Crippen LogP contribution in [0.4, 0.5) is 5.69 Å². The quantitative estimate of drug-likeness (QED) is 0.854. The van der Waals surface area contributed by atoms with Crippen LogP contribution in [0.1, 0.15) is 26.3 Å². The van der Waals surface area contributed by atoms with E-state index >= 15 is 0 Å². The number of hydrogen-bond donors (Lipinski definition) is 2. The van der Waals surface area contributed by atoms with Crippen molar-refractivity contribution in [2.45, 2.75) is 37.6 Å². The molecule has 1 aromatic carbocycles. The molecule has 0 aliphatic carbocycles. The van der Waals surface area contributed by atoms with Gasteiger partial charge in [-0.2, -0.15) is 0 Å². The van der Waals surface area contributed by atoms with Crippen LogP contribution in [0.2, 0.25) is 0 Å². The number of nitrogens with one attached hydrogen (secondary N) is 1.